The molecule has 9 heteroatoms. The number of carbonyl (C=O) groups excluding carboxylic acids is 2. The lowest BCUT2D eigenvalue weighted by atomic mass is 10.1. The lowest BCUT2D eigenvalue weighted by Gasteiger charge is -2.29. The van der Waals surface area contributed by atoms with Crippen LogP contribution in [0.1, 0.15) is 30.1 Å². The number of benzene rings is 1. The molecule has 0 bridgehead atoms. The zero-order chi connectivity index (χ0) is 18.9. The standard InChI is InChI=1S/C17H18F3N3O3/c1-11-21-16(17(18,19)20,22-14(24)12-6-3-2-4-7-12)15(25)23(11)10-13-8-5-9-26-13/h2-4,6-7,13H,5,8-10H2,1H3,(H,22,24). The third kappa shape index (κ3) is 3.18. The molecule has 2 heterocycles. The van der Waals surface area contributed by atoms with Crippen LogP contribution in [0.2, 0.25) is 0 Å². The van der Waals surface area contributed by atoms with Crippen LogP contribution in [0, 0.1) is 0 Å². The smallest absolute Gasteiger partial charge is 0.376 e. The Kier molecular flexibility index (Phi) is 4.74. The van der Waals surface area contributed by atoms with Crippen LogP contribution in [-0.2, 0) is 9.53 Å². The molecule has 1 fully saturated rings. The van der Waals surface area contributed by atoms with Crippen LogP contribution in [0.3, 0.4) is 0 Å². The van der Waals surface area contributed by atoms with Gasteiger partial charge in [0.25, 0.3) is 11.8 Å². The molecule has 1 saturated heterocycles. The van der Waals surface area contributed by atoms with E-state index in [1.165, 1.54) is 31.2 Å². The van der Waals surface area contributed by atoms with E-state index in [0.29, 0.717) is 13.0 Å². The van der Waals surface area contributed by atoms with E-state index in [1.807, 2.05) is 0 Å². The van der Waals surface area contributed by atoms with Gasteiger partial charge < -0.3 is 10.1 Å². The van der Waals surface area contributed by atoms with Gasteiger partial charge in [0.2, 0.25) is 0 Å². The van der Waals surface area contributed by atoms with Crippen molar-refractivity contribution in [1.29, 1.82) is 0 Å². The van der Waals surface area contributed by atoms with Gasteiger partial charge in [0.05, 0.1) is 12.6 Å². The van der Waals surface area contributed by atoms with Crippen molar-refractivity contribution < 1.29 is 27.5 Å². The topological polar surface area (TPSA) is 71.0 Å². The summed E-state index contributed by atoms with van der Waals surface area (Å²) >= 11 is 0. The quantitative estimate of drug-likeness (QED) is 0.884. The molecule has 1 aromatic carbocycles. The third-order valence-corrected chi connectivity index (χ3v) is 4.43. The van der Waals surface area contributed by atoms with E-state index < -0.39 is 23.7 Å². The summed E-state index contributed by atoms with van der Waals surface area (Å²) in [7, 11) is 0. The maximum absolute atomic E-state index is 13.8. The zero-order valence-electron chi connectivity index (χ0n) is 14.0. The number of nitrogens with one attached hydrogen (secondary N) is 1. The van der Waals surface area contributed by atoms with Crippen LogP contribution in [0.4, 0.5) is 13.2 Å². The van der Waals surface area contributed by atoms with Crippen molar-refractivity contribution in [2.45, 2.75) is 37.7 Å². The lowest BCUT2D eigenvalue weighted by molar-refractivity contribution is -0.196. The predicted molar refractivity (Wildman–Crippen MR) is 86.5 cm³/mol. The number of hydrogen-bond donors (Lipinski definition) is 1. The van der Waals surface area contributed by atoms with Crippen LogP contribution >= 0.6 is 0 Å². The third-order valence-electron chi connectivity index (χ3n) is 4.43. The number of ether oxygens (including phenoxy) is 1. The van der Waals surface area contributed by atoms with Crippen molar-refractivity contribution in [2.75, 3.05) is 13.2 Å². The SMILES string of the molecule is CC1=NC(NC(=O)c2ccccc2)(C(F)(F)F)C(=O)N1CC1CCCO1. The maximum Gasteiger partial charge on any atom is 0.442 e. The van der Waals surface area contributed by atoms with Crippen molar-refractivity contribution >= 4 is 17.6 Å². The first-order valence-corrected chi connectivity index (χ1v) is 8.19. The highest BCUT2D eigenvalue weighted by Crippen LogP contribution is 2.38. The fraction of sp³-hybridized carbons (Fsp3) is 0.471. The largest absolute Gasteiger partial charge is 0.442 e. The van der Waals surface area contributed by atoms with Crippen molar-refractivity contribution in [2.24, 2.45) is 4.99 Å². The Balaban J connectivity index is 1.88. The van der Waals surface area contributed by atoms with Gasteiger partial charge in [-0.15, -0.1) is 0 Å². The second kappa shape index (κ2) is 6.71. The Hall–Kier alpha value is -2.42. The molecule has 0 spiro atoms. The van der Waals surface area contributed by atoms with E-state index in [9.17, 15) is 22.8 Å². The van der Waals surface area contributed by atoms with Crippen molar-refractivity contribution in [3.05, 3.63) is 35.9 Å². The first kappa shape index (κ1) is 18.4. The normalized spacial score (nSPS) is 26.2. The molecule has 0 aliphatic carbocycles. The van der Waals surface area contributed by atoms with Gasteiger partial charge in [-0.2, -0.15) is 13.2 Å². The molecule has 3 rings (SSSR count). The maximum atomic E-state index is 13.8. The van der Waals surface area contributed by atoms with E-state index in [2.05, 4.69) is 4.99 Å². The first-order valence-electron chi connectivity index (χ1n) is 8.19. The number of nitrogens with zero attached hydrogens (tertiary/aromatic N) is 2. The number of halogens is 3. The predicted octanol–water partition coefficient (Wildman–Crippen LogP) is 2.11. The number of amidine groups is 1. The van der Waals surface area contributed by atoms with E-state index in [1.54, 1.807) is 11.4 Å². The Morgan fingerprint density at radius 1 is 1.38 bits per heavy atom. The fourth-order valence-corrected chi connectivity index (χ4v) is 3.06. The minimum Gasteiger partial charge on any atom is -0.376 e. The molecule has 0 aromatic heterocycles. The van der Waals surface area contributed by atoms with Crippen LogP contribution in [0.25, 0.3) is 0 Å². The summed E-state index contributed by atoms with van der Waals surface area (Å²) in [6.45, 7) is 1.81. The van der Waals surface area contributed by atoms with E-state index in [-0.39, 0.29) is 24.0 Å². The number of amides is 2. The molecule has 26 heavy (non-hydrogen) atoms. The minimum absolute atomic E-state index is 0.00866. The summed E-state index contributed by atoms with van der Waals surface area (Å²) < 4.78 is 46.8. The summed E-state index contributed by atoms with van der Waals surface area (Å²) in [6, 6.07) is 7.38. The Morgan fingerprint density at radius 2 is 2.08 bits per heavy atom. The van der Waals surface area contributed by atoms with Gasteiger partial charge in [-0.3, -0.25) is 14.5 Å². The molecule has 0 radical (unpaired) electrons. The number of hydrogen-bond acceptors (Lipinski definition) is 4. The number of alkyl halides is 3. The fourth-order valence-electron chi connectivity index (χ4n) is 3.06. The summed E-state index contributed by atoms with van der Waals surface area (Å²) in [5.41, 5.74) is -3.31. The second-order valence-corrected chi connectivity index (χ2v) is 6.24. The van der Waals surface area contributed by atoms with Crippen molar-refractivity contribution in [1.82, 2.24) is 10.2 Å². The molecule has 2 aliphatic rings. The summed E-state index contributed by atoms with van der Waals surface area (Å²) in [5.74, 6) is -2.44. The van der Waals surface area contributed by atoms with Crippen molar-refractivity contribution in [3.8, 4) is 0 Å². The van der Waals surface area contributed by atoms with E-state index in [0.717, 1.165) is 11.3 Å². The highest BCUT2D eigenvalue weighted by molar-refractivity contribution is 6.10. The molecule has 1 aromatic rings. The second-order valence-electron chi connectivity index (χ2n) is 6.24. The van der Waals surface area contributed by atoms with E-state index >= 15 is 0 Å². The molecule has 6 nitrogen and oxygen atoms in total. The Bertz CT molecular complexity index is 730. The van der Waals surface area contributed by atoms with Gasteiger partial charge in [0.15, 0.2) is 0 Å². The highest BCUT2D eigenvalue weighted by atomic mass is 19.4. The summed E-state index contributed by atoms with van der Waals surface area (Å²) in [5, 5.41) is 1.80. The monoisotopic (exact) mass is 369 g/mol. The Labute approximate surface area is 148 Å². The lowest BCUT2D eigenvalue weighted by Crippen LogP contribution is -2.63. The highest BCUT2D eigenvalue weighted by Gasteiger charge is 2.66. The molecule has 2 aliphatic heterocycles. The molecular formula is C17H18F3N3O3. The molecule has 0 saturated carbocycles. The average molecular weight is 369 g/mol. The van der Waals surface area contributed by atoms with Crippen LogP contribution in [0.5, 0.6) is 0 Å². The molecule has 2 atom stereocenters. The minimum atomic E-state index is -5.08. The zero-order valence-corrected chi connectivity index (χ0v) is 14.0. The molecule has 2 unspecified atom stereocenters. The molecular weight excluding hydrogens is 351 g/mol. The number of carbonyl (C=O) groups is 2. The van der Waals surface area contributed by atoms with Crippen LogP contribution in [0.15, 0.2) is 35.3 Å². The Morgan fingerprint density at radius 3 is 2.65 bits per heavy atom. The average Bonchev–Trinajstić information content (AvgIpc) is 3.18. The van der Waals surface area contributed by atoms with Gasteiger partial charge in [0, 0.05) is 12.2 Å². The molecule has 2 amide bonds. The van der Waals surface area contributed by atoms with Crippen LogP contribution < -0.4 is 5.32 Å². The molecule has 1 N–H and O–H groups in total. The summed E-state index contributed by atoms with van der Waals surface area (Å²) in [4.78, 5) is 29.4. The number of aliphatic imine (C=N–C) groups is 1. The van der Waals surface area contributed by atoms with Crippen LogP contribution in [-0.4, -0.2) is 53.6 Å². The van der Waals surface area contributed by atoms with Crippen molar-refractivity contribution in [3.63, 3.8) is 0 Å². The van der Waals surface area contributed by atoms with Gasteiger partial charge in [-0.25, -0.2) is 4.99 Å². The molecule has 140 valence electrons. The van der Waals surface area contributed by atoms with Gasteiger partial charge in [-0.05, 0) is 31.9 Å². The first-order chi connectivity index (χ1) is 12.2. The summed E-state index contributed by atoms with van der Waals surface area (Å²) in [6.07, 6.45) is -3.97. The van der Waals surface area contributed by atoms with Gasteiger partial charge in [-0.1, -0.05) is 18.2 Å². The number of rotatable bonds is 4. The van der Waals surface area contributed by atoms with Gasteiger partial charge >= 0.3 is 11.8 Å². The van der Waals surface area contributed by atoms with E-state index in [4.69, 9.17) is 4.74 Å². The van der Waals surface area contributed by atoms with Gasteiger partial charge in [0.1, 0.15) is 5.84 Å².